The number of alkyl carbamates (subject to hydrolysis) is 1. The Morgan fingerprint density at radius 1 is 1.18 bits per heavy atom. The maximum absolute atomic E-state index is 12.6. The Hall–Kier alpha value is -2.11. The molecule has 1 rings (SSSR count). The summed E-state index contributed by atoms with van der Waals surface area (Å²) in [6, 6.07) is 5.19. The minimum absolute atomic E-state index is 0.264. The lowest BCUT2D eigenvalue weighted by atomic mass is 10.2. The Bertz CT molecular complexity index is 392. The highest BCUT2D eigenvalue weighted by atomic mass is 19.1. The highest BCUT2D eigenvalue weighted by Crippen LogP contribution is 2.01. The number of ether oxygens (including phenoxy) is 1. The van der Waals surface area contributed by atoms with Crippen LogP contribution in [0.15, 0.2) is 24.3 Å². The molecule has 1 aromatic carbocycles. The number of rotatable bonds is 4. The number of nitrogens with one attached hydrogen (secondary N) is 2. The number of methoxy groups -OCH3 is 1. The van der Waals surface area contributed by atoms with E-state index in [0.717, 1.165) is 0 Å². The Labute approximate surface area is 98.0 Å². The van der Waals surface area contributed by atoms with Gasteiger partial charge in [-0.2, -0.15) is 0 Å². The quantitative estimate of drug-likeness (QED) is 0.769. The molecule has 1 aromatic rings. The lowest BCUT2D eigenvalue weighted by Crippen LogP contribution is -2.34. The summed E-state index contributed by atoms with van der Waals surface area (Å²) >= 11 is 0. The van der Waals surface area contributed by atoms with E-state index in [1.54, 1.807) is 0 Å². The van der Waals surface area contributed by atoms with E-state index in [-0.39, 0.29) is 19.0 Å². The zero-order valence-corrected chi connectivity index (χ0v) is 9.33. The van der Waals surface area contributed by atoms with E-state index in [1.165, 1.54) is 31.4 Å². The molecule has 0 aromatic heterocycles. The van der Waals surface area contributed by atoms with Gasteiger partial charge in [-0.1, -0.05) is 0 Å². The van der Waals surface area contributed by atoms with Crippen LogP contribution in [-0.4, -0.2) is 32.2 Å². The molecule has 0 aliphatic rings. The standard InChI is InChI=1S/C11H13FN2O3/c1-17-11(16)14-7-6-13-10(15)8-2-4-9(12)5-3-8/h2-5H,6-7H2,1H3,(H,13,15)(H,14,16). The average molecular weight is 240 g/mol. The van der Waals surface area contributed by atoms with Gasteiger partial charge in [0.15, 0.2) is 0 Å². The predicted molar refractivity (Wildman–Crippen MR) is 59.1 cm³/mol. The van der Waals surface area contributed by atoms with E-state index in [4.69, 9.17) is 0 Å². The van der Waals surface area contributed by atoms with Crippen LogP contribution in [0.2, 0.25) is 0 Å². The van der Waals surface area contributed by atoms with E-state index in [9.17, 15) is 14.0 Å². The molecule has 6 heteroatoms. The van der Waals surface area contributed by atoms with Crippen LogP contribution in [0, 0.1) is 5.82 Å². The van der Waals surface area contributed by atoms with Gasteiger partial charge in [-0.3, -0.25) is 4.79 Å². The Morgan fingerprint density at radius 2 is 1.76 bits per heavy atom. The van der Waals surface area contributed by atoms with Gasteiger partial charge < -0.3 is 15.4 Å². The van der Waals surface area contributed by atoms with Gasteiger partial charge in [-0.15, -0.1) is 0 Å². The smallest absolute Gasteiger partial charge is 0.406 e. The van der Waals surface area contributed by atoms with Crippen molar-refractivity contribution >= 4 is 12.0 Å². The van der Waals surface area contributed by atoms with Crippen molar-refractivity contribution in [3.8, 4) is 0 Å². The maximum Gasteiger partial charge on any atom is 0.406 e. The number of hydrogen-bond donors (Lipinski definition) is 2. The fraction of sp³-hybridized carbons (Fsp3) is 0.273. The molecule has 2 N–H and O–H groups in total. The largest absolute Gasteiger partial charge is 0.453 e. The topological polar surface area (TPSA) is 67.4 Å². The van der Waals surface area contributed by atoms with Gasteiger partial charge in [-0.05, 0) is 24.3 Å². The van der Waals surface area contributed by atoms with E-state index < -0.39 is 11.9 Å². The minimum Gasteiger partial charge on any atom is -0.453 e. The van der Waals surface area contributed by atoms with Crippen molar-refractivity contribution in [3.05, 3.63) is 35.6 Å². The summed E-state index contributed by atoms with van der Waals surface area (Å²) in [4.78, 5) is 22.2. The fourth-order valence-corrected chi connectivity index (χ4v) is 1.12. The van der Waals surface area contributed by atoms with Crippen LogP contribution in [0.3, 0.4) is 0 Å². The first-order valence-corrected chi connectivity index (χ1v) is 4.99. The van der Waals surface area contributed by atoms with E-state index in [1.807, 2.05) is 0 Å². The van der Waals surface area contributed by atoms with Crippen molar-refractivity contribution in [2.45, 2.75) is 0 Å². The highest BCUT2D eigenvalue weighted by molar-refractivity contribution is 5.94. The molecule has 0 saturated heterocycles. The van der Waals surface area contributed by atoms with Gasteiger partial charge in [0.2, 0.25) is 0 Å². The summed E-state index contributed by atoms with van der Waals surface area (Å²) in [7, 11) is 1.26. The summed E-state index contributed by atoms with van der Waals surface area (Å²) in [6.45, 7) is 0.533. The van der Waals surface area contributed by atoms with E-state index in [2.05, 4.69) is 15.4 Å². The zero-order valence-electron chi connectivity index (χ0n) is 9.33. The zero-order chi connectivity index (χ0) is 12.7. The first-order valence-electron chi connectivity index (χ1n) is 4.99. The summed E-state index contributed by atoms with van der Waals surface area (Å²) in [5.41, 5.74) is 0.365. The van der Waals surface area contributed by atoms with E-state index in [0.29, 0.717) is 5.56 Å². The van der Waals surface area contributed by atoms with Crippen molar-refractivity contribution in [2.75, 3.05) is 20.2 Å². The number of carbonyl (C=O) groups excluding carboxylic acids is 2. The third kappa shape index (κ3) is 4.50. The highest BCUT2D eigenvalue weighted by Gasteiger charge is 2.04. The van der Waals surface area contributed by atoms with Crippen molar-refractivity contribution in [2.24, 2.45) is 0 Å². The van der Waals surface area contributed by atoms with Gasteiger partial charge in [0, 0.05) is 18.7 Å². The number of carbonyl (C=O) groups is 2. The van der Waals surface area contributed by atoms with Crippen LogP contribution in [0.25, 0.3) is 0 Å². The molecule has 0 unspecified atom stereocenters. The van der Waals surface area contributed by atoms with Crippen LogP contribution in [0.4, 0.5) is 9.18 Å². The first kappa shape index (κ1) is 13.0. The second kappa shape index (κ2) is 6.47. The van der Waals surface area contributed by atoms with Crippen LogP contribution in [0.5, 0.6) is 0 Å². The maximum atomic E-state index is 12.6. The number of halogens is 1. The van der Waals surface area contributed by atoms with Crippen LogP contribution < -0.4 is 10.6 Å². The van der Waals surface area contributed by atoms with Crippen LogP contribution in [0.1, 0.15) is 10.4 Å². The van der Waals surface area contributed by atoms with E-state index >= 15 is 0 Å². The Balaban J connectivity index is 2.30. The molecule has 0 bridgehead atoms. The lowest BCUT2D eigenvalue weighted by molar-refractivity contribution is 0.0953. The molecule has 92 valence electrons. The molecule has 0 heterocycles. The van der Waals surface area contributed by atoms with Crippen LogP contribution >= 0.6 is 0 Å². The van der Waals surface area contributed by atoms with Gasteiger partial charge in [0.05, 0.1) is 7.11 Å². The predicted octanol–water partition coefficient (Wildman–Crippen LogP) is 0.911. The molecule has 17 heavy (non-hydrogen) atoms. The van der Waals surface area contributed by atoms with Gasteiger partial charge >= 0.3 is 6.09 Å². The molecule has 0 radical (unpaired) electrons. The number of hydrogen-bond acceptors (Lipinski definition) is 3. The van der Waals surface area contributed by atoms with Crippen molar-refractivity contribution in [1.82, 2.24) is 10.6 Å². The summed E-state index contributed by atoms with van der Waals surface area (Å²) < 4.78 is 16.9. The molecule has 0 aliphatic heterocycles. The second-order valence-corrected chi connectivity index (χ2v) is 3.18. The molecule has 0 aliphatic carbocycles. The first-order chi connectivity index (χ1) is 8.13. The van der Waals surface area contributed by atoms with Crippen molar-refractivity contribution in [1.29, 1.82) is 0 Å². The fourth-order valence-electron chi connectivity index (χ4n) is 1.12. The molecule has 0 saturated carbocycles. The molecule has 0 fully saturated rings. The number of amides is 2. The minimum atomic E-state index is -0.555. The molecule has 5 nitrogen and oxygen atoms in total. The average Bonchev–Trinajstić information content (AvgIpc) is 2.34. The summed E-state index contributed by atoms with van der Waals surface area (Å²) in [5.74, 6) is -0.717. The molecule has 0 spiro atoms. The SMILES string of the molecule is COC(=O)NCCNC(=O)c1ccc(F)cc1. The third-order valence-corrected chi connectivity index (χ3v) is 1.97. The van der Waals surface area contributed by atoms with Gasteiger partial charge in [-0.25, -0.2) is 9.18 Å². The van der Waals surface area contributed by atoms with Crippen molar-refractivity contribution < 1.29 is 18.7 Å². The number of benzene rings is 1. The second-order valence-electron chi connectivity index (χ2n) is 3.18. The monoisotopic (exact) mass is 240 g/mol. The van der Waals surface area contributed by atoms with Crippen molar-refractivity contribution in [3.63, 3.8) is 0 Å². The summed E-state index contributed by atoms with van der Waals surface area (Å²) in [5, 5.41) is 4.98. The Morgan fingerprint density at radius 3 is 2.35 bits per heavy atom. The Kier molecular flexibility index (Phi) is 4.93. The molecular formula is C11H13FN2O3. The third-order valence-electron chi connectivity index (χ3n) is 1.97. The molecule has 0 atom stereocenters. The van der Waals surface area contributed by atoms with Gasteiger partial charge in [0.25, 0.3) is 5.91 Å². The normalized spacial score (nSPS) is 9.53. The van der Waals surface area contributed by atoms with Crippen LogP contribution in [-0.2, 0) is 4.74 Å². The molecule has 2 amide bonds. The summed E-state index contributed by atoms with van der Waals surface area (Å²) in [6.07, 6.45) is -0.555. The molecular weight excluding hydrogens is 227 g/mol. The lowest BCUT2D eigenvalue weighted by Gasteiger charge is -2.06. The van der Waals surface area contributed by atoms with Gasteiger partial charge in [0.1, 0.15) is 5.82 Å².